The van der Waals surface area contributed by atoms with Crippen molar-refractivity contribution in [2.24, 2.45) is 5.73 Å². The molecular formula is C15H22N2O4. The fourth-order valence-corrected chi connectivity index (χ4v) is 1.64. The zero-order chi connectivity index (χ0) is 16.2. The Kier molecular flexibility index (Phi) is 5.32. The van der Waals surface area contributed by atoms with Gasteiger partial charge in [0, 0.05) is 11.8 Å². The smallest absolute Gasteiger partial charge is 0.412 e. The lowest BCUT2D eigenvalue weighted by Crippen LogP contribution is -2.28. The molecule has 0 saturated carbocycles. The van der Waals surface area contributed by atoms with Gasteiger partial charge in [-0.2, -0.15) is 0 Å². The van der Waals surface area contributed by atoms with E-state index in [4.69, 9.17) is 15.2 Å². The van der Waals surface area contributed by atoms with Crippen LogP contribution in [0.1, 0.15) is 38.1 Å². The largest absolute Gasteiger partial charge is 0.496 e. The Hall–Kier alpha value is -2.08. The van der Waals surface area contributed by atoms with E-state index in [9.17, 15) is 9.59 Å². The lowest BCUT2D eigenvalue weighted by Gasteiger charge is -2.20. The molecule has 1 aromatic carbocycles. The van der Waals surface area contributed by atoms with E-state index in [-0.39, 0.29) is 5.78 Å². The number of benzene rings is 1. The van der Waals surface area contributed by atoms with Crippen LogP contribution in [0.5, 0.6) is 5.75 Å². The summed E-state index contributed by atoms with van der Waals surface area (Å²) in [5.41, 5.74) is 5.85. The van der Waals surface area contributed by atoms with Crippen molar-refractivity contribution >= 4 is 17.6 Å². The maximum atomic E-state index is 11.9. The van der Waals surface area contributed by atoms with Crippen molar-refractivity contribution in [1.29, 1.82) is 0 Å². The summed E-state index contributed by atoms with van der Waals surface area (Å²) in [4.78, 5) is 23.6. The molecule has 0 aliphatic heterocycles. The third-order valence-electron chi connectivity index (χ3n) is 2.53. The molecule has 21 heavy (non-hydrogen) atoms. The number of hydrogen-bond donors (Lipinski definition) is 2. The van der Waals surface area contributed by atoms with E-state index in [1.54, 1.807) is 45.9 Å². The first kappa shape index (κ1) is 17.0. The second kappa shape index (κ2) is 6.58. The number of anilines is 1. The molecule has 0 fully saturated rings. The van der Waals surface area contributed by atoms with E-state index in [1.807, 2.05) is 0 Å². The van der Waals surface area contributed by atoms with Crippen molar-refractivity contribution in [2.75, 3.05) is 12.4 Å². The Labute approximate surface area is 124 Å². The Morgan fingerprint density at radius 3 is 2.38 bits per heavy atom. The molecule has 6 heteroatoms. The number of rotatable bonds is 4. The molecule has 0 aliphatic carbocycles. The van der Waals surface area contributed by atoms with Crippen molar-refractivity contribution in [3.63, 3.8) is 0 Å². The second-order valence-electron chi connectivity index (χ2n) is 5.69. The summed E-state index contributed by atoms with van der Waals surface area (Å²) in [6.07, 6.45) is -0.573. The van der Waals surface area contributed by atoms with Gasteiger partial charge in [0.15, 0.2) is 5.78 Å². The van der Waals surface area contributed by atoms with E-state index in [0.29, 0.717) is 17.0 Å². The number of ether oxygens (including phenoxy) is 2. The van der Waals surface area contributed by atoms with Gasteiger partial charge in [-0.05, 0) is 39.8 Å². The van der Waals surface area contributed by atoms with E-state index in [0.717, 1.165) is 0 Å². The molecule has 0 radical (unpaired) electrons. The van der Waals surface area contributed by atoms with Crippen LogP contribution in [0, 0.1) is 0 Å². The van der Waals surface area contributed by atoms with Crippen molar-refractivity contribution in [1.82, 2.24) is 0 Å². The summed E-state index contributed by atoms with van der Waals surface area (Å²) < 4.78 is 10.3. The average Bonchev–Trinajstić information content (AvgIpc) is 2.35. The van der Waals surface area contributed by atoms with Crippen LogP contribution < -0.4 is 15.8 Å². The SMILES string of the molecule is COc1cc(NC(=O)OC(C)(C)C)ccc1C(=O)C(C)N. The van der Waals surface area contributed by atoms with E-state index in [1.165, 1.54) is 7.11 Å². The van der Waals surface area contributed by atoms with Crippen molar-refractivity contribution in [3.8, 4) is 5.75 Å². The summed E-state index contributed by atoms with van der Waals surface area (Å²) in [5, 5.41) is 2.58. The minimum atomic E-state index is -0.622. The number of amides is 1. The first-order chi connectivity index (χ1) is 9.64. The minimum Gasteiger partial charge on any atom is -0.496 e. The van der Waals surface area contributed by atoms with E-state index >= 15 is 0 Å². The van der Waals surface area contributed by atoms with Gasteiger partial charge in [-0.3, -0.25) is 10.1 Å². The van der Waals surface area contributed by atoms with E-state index in [2.05, 4.69) is 5.32 Å². The molecule has 1 aromatic rings. The number of hydrogen-bond acceptors (Lipinski definition) is 5. The topological polar surface area (TPSA) is 90.6 Å². The average molecular weight is 294 g/mol. The molecule has 0 spiro atoms. The summed E-state index contributed by atoms with van der Waals surface area (Å²) in [7, 11) is 1.45. The summed E-state index contributed by atoms with van der Waals surface area (Å²) in [6.45, 7) is 6.93. The van der Waals surface area contributed by atoms with Gasteiger partial charge < -0.3 is 15.2 Å². The molecule has 0 aliphatic rings. The zero-order valence-electron chi connectivity index (χ0n) is 13.0. The summed E-state index contributed by atoms with van der Waals surface area (Å²) in [6, 6.07) is 4.10. The number of methoxy groups -OCH3 is 1. The highest BCUT2D eigenvalue weighted by Crippen LogP contribution is 2.24. The number of Topliss-reactive ketones (excluding diaryl/α,β-unsaturated/α-hetero) is 1. The van der Waals surface area contributed by atoms with Gasteiger partial charge in [-0.25, -0.2) is 4.79 Å². The molecule has 116 valence electrons. The highest BCUT2D eigenvalue weighted by Gasteiger charge is 2.19. The van der Waals surface area contributed by atoms with Crippen LogP contribution in [-0.4, -0.2) is 30.6 Å². The number of carbonyl (C=O) groups is 2. The maximum Gasteiger partial charge on any atom is 0.412 e. The lowest BCUT2D eigenvalue weighted by molar-refractivity contribution is 0.0636. The second-order valence-corrected chi connectivity index (χ2v) is 5.69. The molecule has 6 nitrogen and oxygen atoms in total. The Morgan fingerprint density at radius 2 is 1.90 bits per heavy atom. The number of ketones is 1. The molecular weight excluding hydrogens is 272 g/mol. The molecule has 0 heterocycles. The van der Waals surface area contributed by atoms with Crippen LogP contribution in [0.2, 0.25) is 0 Å². The zero-order valence-corrected chi connectivity index (χ0v) is 13.0. The number of nitrogens with two attached hydrogens (primary N) is 1. The molecule has 0 bridgehead atoms. The fraction of sp³-hybridized carbons (Fsp3) is 0.467. The van der Waals surface area contributed by atoms with Gasteiger partial charge in [0.25, 0.3) is 0 Å². The van der Waals surface area contributed by atoms with Gasteiger partial charge in [-0.1, -0.05) is 0 Å². The van der Waals surface area contributed by atoms with Crippen LogP contribution in [0.3, 0.4) is 0 Å². The monoisotopic (exact) mass is 294 g/mol. The van der Waals surface area contributed by atoms with Crippen LogP contribution >= 0.6 is 0 Å². The Balaban J connectivity index is 2.93. The van der Waals surface area contributed by atoms with Gasteiger partial charge in [0.2, 0.25) is 0 Å². The third-order valence-corrected chi connectivity index (χ3v) is 2.53. The van der Waals surface area contributed by atoms with Crippen molar-refractivity contribution in [2.45, 2.75) is 39.3 Å². The summed E-state index contributed by atoms with van der Waals surface area (Å²) in [5.74, 6) is 0.126. The first-order valence-corrected chi connectivity index (χ1v) is 6.62. The molecule has 1 amide bonds. The van der Waals surface area contributed by atoms with Crippen molar-refractivity contribution < 1.29 is 19.1 Å². The minimum absolute atomic E-state index is 0.226. The number of nitrogens with one attached hydrogen (secondary N) is 1. The Bertz CT molecular complexity index is 533. The lowest BCUT2D eigenvalue weighted by atomic mass is 10.0. The van der Waals surface area contributed by atoms with Crippen LogP contribution in [0.15, 0.2) is 18.2 Å². The standard InChI is InChI=1S/C15H22N2O4/c1-9(16)13(18)11-7-6-10(8-12(11)20-5)17-14(19)21-15(2,3)4/h6-9H,16H2,1-5H3,(H,17,19). The van der Waals surface area contributed by atoms with Gasteiger partial charge in [-0.15, -0.1) is 0 Å². The molecule has 1 rings (SSSR count). The predicted molar refractivity (Wildman–Crippen MR) is 80.8 cm³/mol. The van der Waals surface area contributed by atoms with Crippen LogP contribution in [0.4, 0.5) is 10.5 Å². The van der Waals surface area contributed by atoms with Crippen molar-refractivity contribution in [3.05, 3.63) is 23.8 Å². The van der Waals surface area contributed by atoms with Crippen LogP contribution in [0.25, 0.3) is 0 Å². The third kappa shape index (κ3) is 5.07. The molecule has 1 atom stereocenters. The normalized spacial score (nSPS) is 12.5. The molecule has 1 unspecified atom stereocenters. The van der Waals surface area contributed by atoms with E-state index < -0.39 is 17.7 Å². The molecule has 0 saturated heterocycles. The Morgan fingerprint density at radius 1 is 1.29 bits per heavy atom. The quantitative estimate of drug-likeness (QED) is 0.833. The predicted octanol–water partition coefficient (Wildman–Crippen LogP) is 2.57. The molecule has 3 N–H and O–H groups in total. The highest BCUT2D eigenvalue weighted by molar-refractivity contribution is 6.02. The summed E-state index contributed by atoms with van der Waals surface area (Å²) >= 11 is 0. The van der Waals surface area contributed by atoms with Gasteiger partial charge in [0.05, 0.1) is 18.7 Å². The fourth-order valence-electron chi connectivity index (χ4n) is 1.64. The maximum absolute atomic E-state index is 11.9. The van der Waals surface area contributed by atoms with Crippen LogP contribution in [-0.2, 0) is 4.74 Å². The first-order valence-electron chi connectivity index (χ1n) is 6.62. The van der Waals surface area contributed by atoms with Gasteiger partial charge in [0.1, 0.15) is 11.4 Å². The number of carbonyl (C=O) groups excluding carboxylic acids is 2. The molecule has 0 aromatic heterocycles. The van der Waals surface area contributed by atoms with Gasteiger partial charge >= 0.3 is 6.09 Å². The highest BCUT2D eigenvalue weighted by atomic mass is 16.6.